The summed E-state index contributed by atoms with van der Waals surface area (Å²) in [5, 5.41) is 2.38. The third-order valence-electron chi connectivity index (χ3n) is 2.59. The molecule has 0 saturated carbocycles. The first kappa shape index (κ1) is 17.6. The van der Waals surface area contributed by atoms with Crippen molar-refractivity contribution < 1.29 is 19.1 Å². The monoisotopic (exact) mass is 306 g/mol. The molecule has 0 fully saturated rings. The van der Waals surface area contributed by atoms with Gasteiger partial charge in [0.2, 0.25) is 11.8 Å². The van der Waals surface area contributed by atoms with Crippen molar-refractivity contribution >= 4 is 17.9 Å². The molecule has 0 spiro atoms. The van der Waals surface area contributed by atoms with E-state index < -0.39 is 5.91 Å². The standard InChI is InChI=1S/C16H22N2O4/c1-3-9-22-13-7-5-12(10-14(13)21-4-2)6-8-16(20)18-11-15(17)19/h5-8,10H,3-4,9,11H2,1-2H3,(H2,17,19)(H,18,20)/b8-6+. The molecular weight excluding hydrogens is 284 g/mol. The molecule has 0 aromatic heterocycles. The molecule has 0 heterocycles. The summed E-state index contributed by atoms with van der Waals surface area (Å²) >= 11 is 0. The summed E-state index contributed by atoms with van der Waals surface area (Å²) in [6.07, 6.45) is 3.87. The van der Waals surface area contributed by atoms with E-state index in [2.05, 4.69) is 5.32 Å². The van der Waals surface area contributed by atoms with Crippen LogP contribution in [0.3, 0.4) is 0 Å². The minimum atomic E-state index is -0.585. The van der Waals surface area contributed by atoms with E-state index in [1.807, 2.05) is 26.0 Å². The highest BCUT2D eigenvalue weighted by Crippen LogP contribution is 2.29. The van der Waals surface area contributed by atoms with Crippen LogP contribution < -0.4 is 20.5 Å². The third kappa shape index (κ3) is 6.30. The van der Waals surface area contributed by atoms with Crippen LogP contribution >= 0.6 is 0 Å². The highest BCUT2D eigenvalue weighted by molar-refractivity contribution is 5.94. The van der Waals surface area contributed by atoms with Crippen molar-refractivity contribution in [1.29, 1.82) is 0 Å². The summed E-state index contributed by atoms with van der Waals surface area (Å²) in [6, 6.07) is 5.43. The van der Waals surface area contributed by atoms with Gasteiger partial charge in [0.25, 0.3) is 0 Å². The van der Waals surface area contributed by atoms with Crippen molar-refractivity contribution in [2.75, 3.05) is 19.8 Å². The van der Waals surface area contributed by atoms with Gasteiger partial charge in [-0.25, -0.2) is 0 Å². The number of nitrogens with one attached hydrogen (secondary N) is 1. The molecule has 1 aromatic rings. The zero-order valence-corrected chi connectivity index (χ0v) is 12.9. The van der Waals surface area contributed by atoms with Crippen LogP contribution in [-0.4, -0.2) is 31.6 Å². The SMILES string of the molecule is CCCOc1ccc(/C=C/C(=O)NCC(N)=O)cc1OCC. The lowest BCUT2D eigenvalue weighted by Crippen LogP contribution is -2.32. The Bertz CT molecular complexity index is 541. The maximum absolute atomic E-state index is 11.5. The minimum absolute atomic E-state index is 0.183. The molecule has 1 aromatic carbocycles. The van der Waals surface area contributed by atoms with Gasteiger partial charge in [0.05, 0.1) is 19.8 Å². The number of ether oxygens (including phenoxy) is 2. The fourth-order valence-corrected chi connectivity index (χ4v) is 1.63. The molecule has 0 aliphatic heterocycles. The van der Waals surface area contributed by atoms with E-state index in [0.29, 0.717) is 24.7 Å². The molecule has 0 unspecified atom stereocenters. The van der Waals surface area contributed by atoms with Crippen LogP contribution in [0.4, 0.5) is 0 Å². The fourth-order valence-electron chi connectivity index (χ4n) is 1.63. The van der Waals surface area contributed by atoms with E-state index in [9.17, 15) is 9.59 Å². The quantitative estimate of drug-likeness (QED) is 0.676. The van der Waals surface area contributed by atoms with Crippen molar-refractivity contribution in [3.05, 3.63) is 29.8 Å². The van der Waals surface area contributed by atoms with Gasteiger partial charge in [-0.3, -0.25) is 9.59 Å². The Morgan fingerprint density at radius 3 is 2.64 bits per heavy atom. The molecule has 6 nitrogen and oxygen atoms in total. The number of hydrogen-bond donors (Lipinski definition) is 2. The summed E-state index contributed by atoms with van der Waals surface area (Å²) in [7, 11) is 0. The van der Waals surface area contributed by atoms with Crippen LogP contribution in [0, 0.1) is 0 Å². The number of carbonyl (C=O) groups excluding carboxylic acids is 2. The maximum Gasteiger partial charge on any atom is 0.244 e. The molecule has 0 atom stereocenters. The zero-order chi connectivity index (χ0) is 16.4. The zero-order valence-electron chi connectivity index (χ0n) is 12.9. The molecule has 1 rings (SSSR count). The largest absolute Gasteiger partial charge is 0.490 e. The van der Waals surface area contributed by atoms with Crippen molar-refractivity contribution in [3.8, 4) is 11.5 Å². The molecular formula is C16H22N2O4. The topological polar surface area (TPSA) is 90.6 Å². The smallest absolute Gasteiger partial charge is 0.244 e. The normalized spacial score (nSPS) is 10.5. The van der Waals surface area contributed by atoms with Gasteiger partial charge in [-0.1, -0.05) is 13.0 Å². The number of benzene rings is 1. The van der Waals surface area contributed by atoms with Gasteiger partial charge >= 0.3 is 0 Å². The predicted octanol–water partition coefficient (Wildman–Crippen LogP) is 1.49. The minimum Gasteiger partial charge on any atom is -0.490 e. The van der Waals surface area contributed by atoms with E-state index in [1.165, 1.54) is 6.08 Å². The van der Waals surface area contributed by atoms with Crippen LogP contribution in [0.25, 0.3) is 6.08 Å². The maximum atomic E-state index is 11.5. The van der Waals surface area contributed by atoms with Crippen LogP contribution in [0.5, 0.6) is 11.5 Å². The molecule has 0 saturated heterocycles. The summed E-state index contributed by atoms with van der Waals surface area (Å²) in [4.78, 5) is 22.0. The first-order valence-electron chi connectivity index (χ1n) is 7.20. The number of carbonyl (C=O) groups is 2. The number of primary amides is 1. The Balaban J connectivity index is 2.76. The van der Waals surface area contributed by atoms with Gasteiger partial charge in [0.15, 0.2) is 11.5 Å². The van der Waals surface area contributed by atoms with Gasteiger partial charge in [0, 0.05) is 6.08 Å². The second-order valence-corrected chi connectivity index (χ2v) is 4.51. The van der Waals surface area contributed by atoms with E-state index in [0.717, 1.165) is 12.0 Å². The predicted molar refractivity (Wildman–Crippen MR) is 84.6 cm³/mol. The van der Waals surface area contributed by atoms with Gasteiger partial charge in [-0.05, 0) is 37.1 Å². The third-order valence-corrected chi connectivity index (χ3v) is 2.59. The second-order valence-electron chi connectivity index (χ2n) is 4.51. The van der Waals surface area contributed by atoms with Crippen LogP contribution in [-0.2, 0) is 9.59 Å². The molecule has 120 valence electrons. The number of hydrogen-bond acceptors (Lipinski definition) is 4. The molecule has 0 aliphatic rings. The molecule has 6 heteroatoms. The average Bonchev–Trinajstić information content (AvgIpc) is 2.50. The van der Waals surface area contributed by atoms with E-state index in [4.69, 9.17) is 15.2 Å². The van der Waals surface area contributed by atoms with Crippen molar-refractivity contribution in [3.63, 3.8) is 0 Å². The summed E-state index contributed by atoms with van der Waals surface area (Å²) in [6.45, 7) is 4.88. The molecule has 0 aliphatic carbocycles. The van der Waals surface area contributed by atoms with Crippen LogP contribution in [0.1, 0.15) is 25.8 Å². The summed E-state index contributed by atoms with van der Waals surface area (Å²) < 4.78 is 11.1. The highest BCUT2D eigenvalue weighted by Gasteiger charge is 2.05. The van der Waals surface area contributed by atoms with Gasteiger partial charge in [0.1, 0.15) is 0 Å². The van der Waals surface area contributed by atoms with Crippen LogP contribution in [0.15, 0.2) is 24.3 Å². The van der Waals surface area contributed by atoms with Crippen molar-refractivity contribution in [2.45, 2.75) is 20.3 Å². The number of rotatable bonds is 9. The van der Waals surface area contributed by atoms with Gasteiger partial charge in [-0.15, -0.1) is 0 Å². The Hall–Kier alpha value is -2.50. The highest BCUT2D eigenvalue weighted by atomic mass is 16.5. The lowest BCUT2D eigenvalue weighted by molar-refractivity contribution is -0.122. The molecule has 0 bridgehead atoms. The Labute approximate surface area is 130 Å². The summed E-state index contributed by atoms with van der Waals surface area (Å²) in [5.74, 6) is 0.343. The Morgan fingerprint density at radius 1 is 1.23 bits per heavy atom. The number of nitrogens with two attached hydrogens (primary N) is 1. The number of amides is 2. The molecule has 22 heavy (non-hydrogen) atoms. The first-order valence-corrected chi connectivity index (χ1v) is 7.20. The van der Waals surface area contributed by atoms with E-state index >= 15 is 0 Å². The molecule has 2 amide bonds. The van der Waals surface area contributed by atoms with Crippen molar-refractivity contribution in [2.24, 2.45) is 5.73 Å². The fraction of sp³-hybridized carbons (Fsp3) is 0.375. The molecule has 3 N–H and O–H groups in total. The average molecular weight is 306 g/mol. The first-order chi connectivity index (χ1) is 10.6. The van der Waals surface area contributed by atoms with Gasteiger partial charge in [-0.2, -0.15) is 0 Å². The second kappa shape index (κ2) is 9.44. The van der Waals surface area contributed by atoms with Gasteiger partial charge < -0.3 is 20.5 Å². The van der Waals surface area contributed by atoms with Crippen molar-refractivity contribution in [1.82, 2.24) is 5.32 Å². The summed E-state index contributed by atoms with van der Waals surface area (Å²) in [5.41, 5.74) is 5.74. The van der Waals surface area contributed by atoms with Crippen LogP contribution in [0.2, 0.25) is 0 Å². The lowest BCUT2D eigenvalue weighted by Gasteiger charge is -2.12. The van der Waals surface area contributed by atoms with E-state index in [-0.39, 0.29) is 12.5 Å². The molecule has 0 radical (unpaired) electrons. The lowest BCUT2D eigenvalue weighted by atomic mass is 10.2. The Kier molecular flexibility index (Phi) is 7.53. The van der Waals surface area contributed by atoms with E-state index in [1.54, 1.807) is 12.1 Å². The Morgan fingerprint density at radius 2 is 2.00 bits per heavy atom.